The highest BCUT2D eigenvalue weighted by Crippen LogP contribution is 2.43. The minimum atomic E-state index is -0.483. The van der Waals surface area contributed by atoms with Crippen molar-refractivity contribution in [1.29, 1.82) is 0 Å². The number of benzene rings is 1. The fourth-order valence-electron chi connectivity index (χ4n) is 4.74. The van der Waals surface area contributed by atoms with Gasteiger partial charge in [0, 0.05) is 24.6 Å². The second-order valence-corrected chi connectivity index (χ2v) is 9.18. The van der Waals surface area contributed by atoms with Crippen molar-refractivity contribution in [2.75, 3.05) is 13.7 Å². The SMILES string of the molecule is COc1cc2c(c3oc(=O)c(CC(=O)N4CCc5nc[nH]c5C4)c(C)c13)CCC(C)(C)O2. The van der Waals surface area contributed by atoms with Gasteiger partial charge >= 0.3 is 5.63 Å². The third kappa shape index (κ3) is 3.34. The zero-order valence-corrected chi connectivity index (χ0v) is 18.8. The van der Waals surface area contributed by atoms with Gasteiger partial charge in [0.25, 0.3) is 0 Å². The molecule has 0 spiro atoms. The van der Waals surface area contributed by atoms with E-state index in [9.17, 15) is 9.59 Å². The Morgan fingerprint density at radius 2 is 2.16 bits per heavy atom. The number of fused-ring (bicyclic) bond motifs is 4. The Morgan fingerprint density at radius 3 is 2.94 bits per heavy atom. The van der Waals surface area contributed by atoms with Gasteiger partial charge in [0.15, 0.2) is 0 Å². The number of imidazole rings is 1. The molecule has 0 saturated heterocycles. The van der Waals surface area contributed by atoms with Gasteiger partial charge in [-0.1, -0.05) is 0 Å². The van der Waals surface area contributed by atoms with Crippen molar-refractivity contribution in [1.82, 2.24) is 14.9 Å². The maximum absolute atomic E-state index is 13.1. The average Bonchev–Trinajstić information content (AvgIpc) is 3.22. The number of aryl methyl sites for hydroxylation is 2. The number of nitrogens with zero attached hydrogens (tertiary/aromatic N) is 2. The topological polar surface area (TPSA) is 97.7 Å². The molecule has 8 heteroatoms. The Morgan fingerprint density at radius 1 is 1.34 bits per heavy atom. The Hall–Kier alpha value is -3.29. The van der Waals surface area contributed by atoms with Crippen LogP contribution in [0.4, 0.5) is 0 Å². The fraction of sp³-hybridized carbons (Fsp3) is 0.458. The van der Waals surface area contributed by atoms with Crippen LogP contribution in [-0.4, -0.2) is 40.0 Å². The molecule has 168 valence electrons. The van der Waals surface area contributed by atoms with Crippen LogP contribution in [0.1, 0.15) is 48.3 Å². The Balaban J connectivity index is 1.54. The maximum atomic E-state index is 13.1. The van der Waals surface area contributed by atoms with Crippen LogP contribution < -0.4 is 15.1 Å². The molecule has 4 heterocycles. The van der Waals surface area contributed by atoms with Crippen LogP contribution in [0.5, 0.6) is 11.5 Å². The van der Waals surface area contributed by atoms with Crippen LogP contribution in [0.15, 0.2) is 21.6 Å². The zero-order valence-electron chi connectivity index (χ0n) is 18.8. The number of H-pyrrole nitrogens is 1. The number of aromatic amines is 1. The third-order valence-corrected chi connectivity index (χ3v) is 6.61. The molecular weight excluding hydrogens is 410 g/mol. The van der Waals surface area contributed by atoms with Crippen LogP contribution in [0, 0.1) is 6.92 Å². The van der Waals surface area contributed by atoms with Crippen molar-refractivity contribution in [3.05, 3.63) is 50.9 Å². The first kappa shape index (κ1) is 20.6. The summed E-state index contributed by atoms with van der Waals surface area (Å²) in [4.78, 5) is 35.2. The number of hydrogen-bond donors (Lipinski definition) is 1. The van der Waals surface area contributed by atoms with Gasteiger partial charge in [-0.15, -0.1) is 0 Å². The molecule has 5 rings (SSSR count). The van der Waals surface area contributed by atoms with Crippen LogP contribution in [0.2, 0.25) is 0 Å². The van der Waals surface area contributed by atoms with Gasteiger partial charge in [0.1, 0.15) is 22.7 Å². The minimum absolute atomic E-state index is 0.0165. The number of hydrogen-bond acceptors (Lipinski definition) is 6. The molecule has 0 atom stereocenters. The van der Waals surface area contributed by atoms with E-state index >= 15 is 0 Å². The number of carbonyl (C=O) groups is 1. The summed E-state index contributed by atoms with van der Waals surface area (Å²) in [6, 6.07) is 1.86. The molecule has 0 aliphatic carbocycles. The first-order valence-corrected chi connectivity index (χ1v) is 10.9. The summed E-state index contributed by atoms with van der Waals surface area (Å²) in [5.41, 5.74) is 3.62. The molecule has 2 aliphatic rings. The van der Waals surface area contributed by atoms with Gasteiger partial charge in [0.2, 0.25) is 5.91 Å². The molecule has 1 N–H and O–H groups in total. The Bertz CT molecular complexity index is 1290. The lowest BCUT2D eigenvalue weighted by molar-refractivity contribution is -0.131. The van der Waals surface area contributed by atoms with E-state index in [2.05, 4.69) is 9.97 Å². The summed E-state index contributed by atoms with van der Waals surface area (Å²) in [5, 5.41) is 0.728. The van der Waals surface area contributed by atoms with Gasteiger partial charge in [0.05, 0.1) is 48.7 Å². The molecule has 0 radical (unpaired) electrons. The van der Waals surface area contributed by atoms with E-state index < -0.39 is 5.63 Å². The van der Waals surface area contributed by atoms with Crippen molar-refractivity contribution in [3.63, 3.8) is 0 Å². The van der Waals surface area contributed by atoms with Crippen molar-refractivity contribution in [2.45, 2.75) is 58.6 Å². The number of ether oxygens (including phenoxy) is 2. The van der Waals surface area contributed by atoms with E-state index in [-0.39, 0.29) is 17.9 Å². The van der Waals surface area contributed by atoms with Crippen LogP contribution in [-0.2, 0) is 30.6 Å². The smallest absolute Gasteiger partial charge is 0.340 e. The molecule has 2 aliphatic heterocycles. The molecule has 32 heavy (non-hydrogen) atoms. The van der Waals surface area contributed by atoms with E-state index in [4.69, 9.17) is 13.9 Å². The minimum Gasteiger partial charge on any atom is -0.496 e. The number of carbonyl (C=O) groups excluding carboxylic acids is 1. The summed E-state index contributed by atoms with van der Waals surface area (Å²) < 4.78 is 17.6. The molecule has 1 aromatic carbocycles. The van der Waals surface area contributed by atoms with E-state index in [1.165, 1.54) is 0 Å². The van der Waals surface area contributed by atoms with Gasteiger partial charge in [-0.3, -0.25) is 4.79 Å². The van der Waals surface area contributed by atoms with E-state index in [0.29, 0.717) is 47.7 Å². The van der Waals surface area contributed by atoms with Crippen molar-refractivity contribution >= 4 is 16.9 Å². The molecule has 0 saturated carbocycles. The fourth-order valence-corrected chi connectivity index (χ4v) is 4.74. The molecule has 0 fully saturated rings. The zero-order chi connectivity index (χ0) is 22.6. The van der Waals surface area contributed by atoms with Gasteiger partial charge in [-0.25, -0.2) is 9.78 Å². The number of methoxy groups -OCH3 is 1. The molecule has 8 nitrogen and oxygen atoms in total. The monoisotopic (exact) mass is 437 g/mol. The van der Waals surface area contributed by atoms with Crippen molar-refractivity contribution < 1.29 is 18.7 Å². The number of aromatic nitrogens is 2. The van der Waals surface area contributed by atoms with Gasteiger partial charge < -0.3 is 23.8 Å². The number of rotatable bonds is 3. The van der Waals surface area contributed by atoms with Gasteiger partial charge in [-0.05, 0) is 39.2 Å². The molecular formula is C24H27N3O5. The largest absolute Gasteiger partial charge is 0.496 e. The summed E-state index contributed by atoms with van der Waals surface area (Å²) in [7, 11) is 1.58. The van der Waals surface area contributed by atoms with E-state index in [0.717, 1.165) is 35.2 Å². The highest BCUT2D eigenvalue weighted by Gasteiger charge is 2.32. The average molecular weight is 437 g/mol. The summed E-state index contributed by atoms with van der Waals surface area (Å²) in [6.07, 6.45) is 3.89. The summed E-state index contributed by atoms with van der Waals surface area (Å²) >= 11 is 0. The van der Waals surface area contributed by atoms with Gasteiger partial charge in [-0.2, -0.15) is 0 Å². The number of amides is 1. The predicted octanol–water partition coefficient (Wildman–Crippen LogP) is 3.06. The lowest BCUT2D eigenvalue weighted by Crippen LogP contribution is -2.38. The molecule has 2 aromatic heterocycles. The normalized spacial score (nSPS) is 16.9. The lowest BCUT2D eigenvalue weighted by Gasteiger charge is -2.33. The molecule has 0 bridgehead atoms. The number of nitrogens with one attached hydrogen (secondary N) is 1. The van der Waals surface area contributed by atoms with E-state index in [1.54, 1.807) is 18.3 Å². The predicted molar refractivity (Wildman–Crippen MR) is 118 cm³/mol. The Kier molecular flexibility index (Phi) is 4.76. The second-order valence-electron chi connectivity index (χ2n) is 9.18. The quantitative estimate of drug-likeness (QED) is 0.633. The molecule has 0 unspecified atom stereocenters. The lowest BCUT2D eigenvalue weighted by atomic mass is 9.91. The van der Waals surface area contributed by atoms with Crippen LogP contribution in [0.25, 0.3) is 11.0 Å². The summed E-state index contributed by atoms with van der Waals surface area (Å²) in [6.45, 7) is 6.98. The maximum Gasteiger partial charge on any atom is 0.340 e. The third-order valence-electron chi connectivity index (χ3n) is 6.61. The molecule has 1 amide bonds. The standard InChI is InChI=1S/C24H27N3O5/c1-13-15(9-20(28)27-8-6-16-17(11-27)26-12-25-16)23(29)31-22-14-5-7-24(2,3)32-18(14)10-19(30-4)21(13)22/h10,12H,5-9,11H2,1-4H3,(H,25,26). The first-order chi connectivity index (χ1) is 15.3. The first-order valence-electron chi connectivity index (χ1n) is 10.9. The highest BCUT2D eigenvalue weighted by molar-refractivity contribution is 5.93. The van der Waals surface area contributed by atoms with E-state index in [1.807, 2.05) is 26.8 Å². The molecule has 3 aromatic rings. The summed E-state index contributed by atoms with van der Waals surface area (Å²) in [5.74, 6) is 1.15. The highest BCUT2D eigenvalue weighted by atomic mass is 16.5. The van der Waals surface area contributed by atoms with Crippen LogP contribution in [0.3, 0.4) is 0 Å². The second kappa shape index (κ2) is 7.39. The van der Waals surface area contributed by atoms with Crippen molar-refractivity contribution in [2.24, 2.45) is 0 Å². The van der Waals surface area contributed by atoms with Crippen molar-refractivity contribution in [3.8, 4) is 11.5 Å². The van der Waals surface area contributed by atoms with Crippen LogP contribution >= 0.6 is 0 Å². The Labute approximate surface area is 185 Å².